The minimum Gasteiger partial charge on any atom is -0.426 e. The molecule has 4 rings (SSSR count). The van der Waals surface area contributed by atoms with Crippen LogP contribution in [0.2, 0.25) is 0 Å². The number of nitrogens with one attached hydrogen (secondary N) is 1. The number of aromatic nitrogens is 3. The van der Waals surface area contributed by atoms with E-state index in [-0.39, 0.29) is 27.9 Å². The van der Waals surface area contributed by atoms with E-state index in [1.165, 1.54) is 30.5 Å². The summed E-state index contributed by atoms with van der Waals surface area (Å²) in [5.74, 6) is -0.150. The number of carbonyl (C=O) groups excluding carboxylic acids is 1. The maximum absolute atomic E-state index is 12.1. The highest BCUT2D eigenvalue weighted by molar-refractivity contribution is 6.01. The van der Waals surface area contributed by atoms with Gasteiger partial charge in [0, 0.05) is 18.2 Å². The van der Waals surface area contributed by atoms with E-state index in [9.17, 15) is 14.9 Å². The number of hydrogen-bond acceptors (Lipinski definition) is 5. The Morgan fingerprint density at radius 1 is 1.13 bits per heavy atom. The van der Waals surface area contributed by atoms with Gasteiger partial charge in [-0.3, -0.25) is 9.78 Å². The standard InChI is InChI=1S/C22H17N5O4/c1-14-2-4-15(5-3-14)6-11-21(28)24-16-7-9-19(23-13-16)22-25-18-10-8-17(27(30)31)12-20(18)26(22)29/h2-13,29H,1H3,(H-,24,25,28,30,31)/p+1/b11-6+. The van der Waals surface area contributed by atoms with Crippen LogP contribution in [0.5, 0.6) is 0 Å². The van der Waals surface area contributed by atoms with E-state index in [1.54, 1.807) is 18.2 Å². The molecule has 31 heavy (non-hydrogen) atoms. The summed E-state index contributed by atoms with van der Waals surface area (Å²) < 4.78 is 0.785. The summed E-state index contributed by atoms with van der Waals surface area (Å²) in [5, 5.41) is 22.1. The molecule has 0 aliphatic carbocycles. The molecule has 2 aromatic heterocycles. The Bertz CT molecular complexity index is 1310. The average molecular weight is 416 g/mol. The van der Waals surface area contributed by atoms with E-state index in [0.29, 0.717) is 16.9 Å². The molecule has 0 bridgehead atoms. The number of hydrogen-bond donors (Lipinski definition) is 3. The molecule has 2 aromatic carbocycles. The average Bonchev–Trinajstić information content (AvgIpc) is 3.10. The summed E-state index contributed by atoms with van der Waals surface area (Å²) >= 11 is 0. The minimum absolute atomic E-state index is 0.0426. The number of carbonyl (C=O) groups is 1. The van der Waals surface area contributed by atoms with Crippen molar-refractivity contribution in [3.8, 4) is 11.5 Å². The Morgan fingerprint density at radius 3 is 2.58 bits per heavy atom. The number of aryl methyl sites for hydroxylation is 1. The van der Waals surface area contributed by atoms with Gasteiger partial charge in [0.2, 0.25) is 5.91 Å². The third-order valence-electron chi connectivity index (χ3n) is 4.60. The highest BCUT2D eigenvalue weighted by Gasteiger charge is 2.18. The van der Waals surface area contributed by atoms with Gasteiger partial charge in [0.1, 0.15) is 11.2 Å². The van der Waals surface area contributed by atoms with E-state index < -0.39 is 0 Å². The van der Waals surface area contributed by atoms with Crippen LogP contribution in [0.3, 0.4) is 0 Å². The van der Waals surface area contributed by atoms with Crippen molar-refractivity contribution in [3.63, 3.8) is 0 Å². The first kappa shape index (κ1) is 19.8. The molecular formula is C22H18N5O4+. The molecule has 0 saturated carbocycles. The van der Waals surface area contributed by atoms with Gasteiger partial charge in [-0.25, -0.2) is 10.2 Å². The lowest BCUT2D eigenvalue weighted by Crippen LogP contribution is -2.08. The van der Waals surface area contributed by atoms with E-state index in [0.717, 1.165) is 15.9 Å². The fraction of sp³-hybridized carbons (Fsp3) is 0.0455. The zero-order valence-corrected chi connectivity index (χ0v) is 16.4. The second-order valence-corrected chi connectivity index (χ2v) is 6.86. The van der Waals surface area contributed by atoms with Gasteiger partial charge in [-0.2, -0.15) is 4.73 Å². The molecule has 1 amide bonds. The Balaban J connectivity index is 1.50. The van der Waals surface area contributed by atoms with E-state index in [1.807, 2.05) is 31.2 Å². The highest BCUT2D eigenvalue weighted by atomic mass is 16.6. The molecule has 4 aromatic rings. The zero-order valence-electron chi connectivity index (χ0n) is 16.4. The number of rotatable bonds is 5. The van der Waals surface area contributed by atoms with Crippen molar-refractivity contribution in [2.75, 3.05) is 5.32 Å². The third-order valence-corrected chi connectivity index (χ3v) is 4.60. The number of fused-ring (bicyclic) bond motifs is 1. The fourth-order valence-electron chi connectivity index (χ4n) is 2.97. The smallest absolute Gasteiger partial charge is 0.318 e. The van der Waals surface area contributed by atoms with Gasteiger partial charge in [0.15, 0.2) is 5.82 Å². The van der Waals surface area contributed by atoms with Gasteiger partial charge >= 0.3 is 5.69 Å². The van der Waals surface area contributed by atoms with Gasteiger partial charge in [0.05, 0.1) is 22.3 Å². The van der Waals surface area contributed by atoms with E-state index in [4.69, 9.17) is 5.21 Å². The summed E-state index contributed by atoms with van der Waals surface area (Å²) in [7, 11) is 0. The molecule has 0 atom stereocenters. The van der Waals surface area contributed by atoms with Crippen LogP contribution < -0.4 is 5.32 Å². The van der Waals surface area contributed by atoms with Crippen LogP contribution in [-0.2, 0) is 4.79 Å². The van der Waals surface area contributed by atoms with E-state index in [2.05, 4.69) is 15.3 Å². The van der Waals surface area contributed by atoms with Crippen LogP contribution in [-0.4, -0.2) is 35.9 Å². The number of nitrogens with zero attached hydrogens (tertiary/aromatic N) is 4. The first-order chi connectivity index (χ1) is 14.9. The van der Waals surface area contributed by atoms with Gasteiger partial charge in [0.25, 0.3) is 4.92 Å². The number of amides is 1. The number of imidazole rings is 1. The number of benzene rings is 2. The molecule has 0 fully saturated rings. The maximum Gasteiger partial charge on any atom is 0.318 e. The van der Waals surface area contributed by atoms with Crippen molar-refractivity contribution >= 4 is 34.4 Å². The topological polar surface area (TPSA) is 120 Å². The summed E-state index contributed by atoms with van der Waals surface area (Å²) in [6.45, 7) is 2.00. The Labute approximate surface area is 176 Å². The van der Waals surface area contributed by atoms with Gasteiger partial charge in [-0.15, -0.1) is 0 Å². The second-order valence-electron chi connectivity index (χ2n) is 6.86. The molecule has 2 heterocycles. The third kappa shape index (κ3) is 4.25. The summed E-state index contributed by atoms with van der Waals surface area (Å²) in [6.07, 6.45) is 4.60. The molecular weight excluding hydrogens is 398 g/mol. The second kappa shape index (κ2) is 8.07. The SMILES string of the molecule is Cc1ccc(/C=C/C(=O)Nc2ccc(-c3nc4ccc([N+](=O)O)cc4n3O)nc2)cc1. The van der Waals surface area contributed by atoms with Crippen molar-refractivity contribution in [3.05, 3.63) is 82.9 Å². The van der Waals surface area contributed by atoms with Crippen molar-refractivity contribution in [2.24, 2.45) is 0 Å². The summed E-state index contributed by atoms with van der Waals surface area (Å²) in [6, 6.07) is 15.2. The fourth-order valence-corrected chi connectivity index (χ4v) is 2.97. The Morgan fingerprint density at radius 2 is 1.90 bits per heavy atom. The number of anilines is 1. The summed E-state index contributed by atoms with van der Waals surface area (Å²) in [5.41, 5.74) is 3.51. The minimum atomic E-state index is -0.303. The highest BCUT2D eigenvalue weighted by Crippen LogP contribution is 2.25. The van der Waals surface area contributed by atoms with Gasteiger partial charge < -0.3 is 10.5 Å². The number of pyridine rings is 1. The van der Waals surface area contributed by atoms with Crippen molar-refractivity contribution in [1.82, 2.24) is 14.7 Å². The Kier molecular flexibility index (Phi) is 5.15. The van der Waals surface area contributed by atoms with Gasteiger partial charge in [-0.1, -0.05) is 29.8 Å². The van der Waals surface area contributed by atoms with E-state index >= 15 is 0 Å². The monoisotopic (exact) mass is 416 g/mol. The Hall–Kier alpha value is -4.53. The largest absolute Gasteiger partial charge is 0.426 e. The molecule has 154 valence electrons. The maximum atomic E-state index is 12.1. The van der Waals surface area contributed by atoms with Crippen molar-refractivity contribution in [2.45, 2.75) is 6.92 Å². The van der Waals surface area contributed by atoms with Crippen LogP contribution in [0.1, 0.15) is 11.1 Å². The predicted octanol–water partition coefficient (Wildman–Crippen LogP) is 4.10. The molecule has 9 heteroatoms. The molecule has 3 N–H and O–H groups in total. The lowest BCUT2D eigenvalue weighted by Gasteiger charge is -2.04. The van der Waals surface area contributed by atoms with Crippen LogP contribution in [0.15, 0.2) is 66.9 Å². The lowest BCUT2D eigenvalue weighted by atomic mass is 10.1. The molecule has 0 unspecified atom stereocenters. The lowest BCUT2D eigenvalue weighted by molar-refractivity contribution is -0.729. The predicted molar refractivity (Wildman–Crippen MR) is 114 cm³/mol. The quantitative estimate of drug-likeness (QED) is 0.256. The van der Waals surface area contributed by atoms with Crippen LogP contribution in [0, 0.1) is 11.8 Å². The van der Waals surface area contributed by atoms with Crippen LogP contribution in [0.25, 0.3) is 28.6 Å². The first-order valence-electron chi connectivity index (χ1n) is 9.31. The molecule has 0 saturated heterocycles. The zero-order chi connectivity index (χ0) is 22.0. The first-order valence-corrected chi connectivity index (χ1v) is 9.31. The molecule has 0 aliphatic rings. The van der Waals surface area contributed by atoms with Crippen molar-refractivity contribution < 1.29 is 20.1 Å². The van der Waals surface area contributed by atoms with Gasteiger partial charge in [-0.05, 0) is 36.8 Å². The van der Waals surface area contributed by atoms with Crippen LogP contribution in [0.4, 0.5) is 11.4 Å². The van der Waals surface area contributed by atoms with Crippen molar-refractivity contribution in [1.29, 1.82) is 0 Å². The molecule has 0 aliphatic heterocycles. The normalized spacial score (nSPS) is 11.1. The summed E-state index contributed by atoms with van der Waals surface area (Å²) in [4.78, 5) is 31.4. The molecule has 0 spiro atoms. The molecule has 9 nitrogen and oxygen atoms in total. The molecule has 0 radical (unpaired) electrons. The van der Waals surface area contributed by atoms with Crippen LogP contribution >= 0.6 is 0 Å².